The fourth-order valence-corrected chi connectivity index (χ4v) is 2.04. The highest BCUT2D eigenvalue weighted by Gasteiger charge is 2.11. The number of rotatable bonds is 0. The molecule has 1 aromatic heterocycles. The quantitative estimate of drug-likeness (QED) is 0.515. The van der Waals surface area contributed by atoms with E-state index >= 15 is 0 Å². The summed E-state index contributed by atoms with van der Waals surface area (Å²) in [6.07, 6.45) is 0. The molecular formula is C13H9NO3. The molecule has 0 bridgehead atoms. The van der Waals surface area contributed by atoms with Crippen LogP contribution in [0.3, 0.4) is 0 Å². The van der Waals surface area contributed by atoms with E-state index in [2.05, 4.69) is 4.98 Å². The summed E-state index contributed by atoms with van der Waals surface area (Å²) >= 11 is 0. The molecule has 4 heteroatoms. The largest absolute Gasteiger partial charge is 0.507 e. The maximum absolute atomic E-state index is 12.2. The first-order valence-electron chi connectivity index (χ1n) is 5.14. The zero-order chi connectivity index (χ0) is 12.0. The second-order valence-corrected chi connectivity index (χ2v) is 3.85. The number of H-pyrrole nitrogens is 1. The van der Waals surface area contributed by atoms with E-state index in [1.165, 1.54) is 12.1 Å². The number of nitrogens with one attached hydrogen (secondary N) is 1. The van der Waals surface area contributed by atoms with E-state index in [4.69, 9.17) is 0 Å². The molecule has 3 aromatic rings. The van der Waals surface area contributed by atoms with E-state index in [0.29, 0.717) is 11.0 Å². The Balaban J connectivity index is 2.69. The molecule has 0 radical (unpaired) electrons. The number of fused-ring (bicyclic) bond motifs is 2. The van der Waals surface area contributed by atoms with E-state index in [1.807, 2.05) is 0 Å². The molecule has 0 aliphatic heterocycles. The summed E-state index contributed by atoms with van der Waals surface area (Å²) in [7, 11) is 0. The van der Waals surface area contributed by atoms with Gasteiger partial charge >= 0.3 is 0 Å². The van der Waals surface area contributed by atoms with Gasteiger partial charge in [-0.3, -0.25) is 4.79 Å². The van der Waals surface area contributed by atoms with Crippen LogP contribution in [-0.4, -0.2) is 15.2 Å². The number of aromatic hydroxyl groups is 2. The highest BCUT2D eigenvalue weighted by Crippen LogP contribution is 2.26. The van der Waals surface area contributed by atoms with Gasteiger partial charge in [-0.25, -0.2) is 0 Å². The SMILES string of the molecule is O=c1c2c(O)cccc2[nH]c2cccc(O)c12. The van der Waals surface area contributed by atoms with Gasteiger partial charge in [-0.05, 0) is 24.3 Å². The van der Waals surface area contributed by atoms with Crippen molar-refractivity contribution in [3.05, 3.63) is 46.6 Å². The highest BCUT2D eigenvalue weighted by atomic mass is 16.3. The Morgan fingerprint density at radius 2 is 1.29 bits per heavy atom. The van der Waals surface area contributed by atoms with Crippen LogP contribution in [-0.2, 0) is 0 Å². The maximum Gasteiger partial charge on any atom is 0.204 e. The number of hydrogen-bond acceptors (Lipinski definition) is 3. The Labute approximate surface area is 95.8 Å². The lowest BCUT2D eigenvalue weighted by Gasteiger charge is -2.05. The van der Waals surface area contributed by atoms with E-state index in [1.54, 1.807) is 24.3 Å². The number of hydrogen-bond donors (Lipinski definition) is 3. The molecule has 0 unspecified atom stereocenters. The van der Waals surface area contributed by atoms with Crippen LogP contribution < -0.4 is 5.43 Å². The Morgan fingerprint density at radius 1 is 0.824 bits per heavy atom. The maximum atomic E-state index is 12.2. The molecular weight excluding hydrogens is 218 g/mol. The summed E-state index contributed by atoms with van der Waals surface area (Å²) < 4.78 is 0. The summed E-state index contributed by atoms with van der Waals surface area (Å²) in [5, 5.41) is 19.8. The molecule has 1 heterocycles. The summed E-state index contributed by atoms with van der Waals surface area (Å²) in [5.41, 5.74) is 0.728. The fourth-order valence-electron chi connectivity index (χ4n) is 2.04. The van der Waals surface area contributed by atoms with Crippen molar-refractivity contribution in [2.45, 2.75) is 0 Å². The van der Waals surface area contributed by atoms with Crippen molar-refractivity contribution in [1.82, 2.24) is 4.98 Å². The van der Waals surface area contributed by atoms with Gasteiger partial charge in [-0.15, -0.1) is 0 Å². The van der Waals surface area contributed by atoms with Crippen LogP contribution in [0.15, 0.2) is 41.2 Å². The van der Waals surface area contributed by atoms with Crippen molar-refractivity contribution in [3.8, 4) is 11.5 Å². The Bertz CT molecular complexity index is 727. The average Bonchev–Trinajstić information content (AvgIpc) is 2.28. The van der Waals surface area contributed by atoms with Gasteiger partial charge in [0.15, 0.2) is 0 Å². The Hall–Kier alpha value is -2.49. The van der Waals surface area contributed by atoms with Crippen molar-refractivity contribution < 1.29 is 10.2 Å². The zero-order valence-corrected chi connectivity index (χ0v) is 8.77. The van der Waals surface area contributed by atoms with Gasteiger partial charge in [-0.2, -0.15) is 0 Å². The molecule has 0 atom stereocenters. The van der Waals surface area contributed by atoms with Crippen LogP contribution in [0.1, 0.15) is 0 Å². The molecule has 4 nitrogen and oxygen atoms in total. The minimum Gasteiger partial charge on any atom is -0.507 e. The van der Waals surface area contributed by atoms with Gasteiger partial charge in [0.05, 0.1) is 21.8 Å². The van der Waals surface area contributed by atoms with Gasteiger partial charge in [0.25, 0.3) is 0 Å². The Morgan fingerprint density at radius 3 is 1.76 bits per heavy atom. The van der Waals surface area contributed by atoms with Gasteiger partial charge in [0.1, 0.15) is 11.5 Å². The van der Waals surface area contributed by atoms with Gasteiger partial charge in [-0.1, -0.05) is 12.1 Å². The normalized spacial score (nSPS) is 11.1. The lowest BCUT2D eigenvalue weighted by Crippen LogP contribution is -2.04. The van der Waals surface area contributed by atoms with Crippen LogP contribution in [0.2, 0.25) is 0 Å². The predicted molar refractivity (Wildman–Crippen MR) is 65.4 cm³/mol. The monoisotopic (exact) mass is 227 g/mol. The molecule has 0 aliphatic rings. The fraction of sp³-hybridized carbons (Fsp3) is 0. The lowest BCUT2D eigenvalue weighted by atomic mass is 10.1. The molecule has 0 amide bonds. The van der Waals surface area contributed by atoms with Gasteiger partial charge in [0, 0.05) is 0 Å². The molecule has 84 valence electrons. The topological polar surface area (TPSA) is 73.3 Å². The van der Waals surface area contributed by atoms with Crippen LogP contribution in [0.5, 0.6) is 11.5 Å². The number of aromatic nitrogens is 1. The average molecular weight is 227 g/mol. The van der Waals surface area contributed by atoms with Crippen LogP contribution in [0.25, 0.3) is 21.8 Å². The minimum absolute atomic E-state index is 0.0890. The molecule has 3 rings (SSSR count). The van der Waals surface area contributed by atoms with E-state index in [9.17, 15) is 15.0 Å². The molecule has 0 fully saturated rings. The number of aromatic amines is 1. The van der Waals surface area contributed by atoms with Crippen molar-refractivity contribution in [2.24, 2.45) is 0 Å². The van der Waals surface area contributed by atoms with E-state index in [-0.39, 0.29) is 27.7 Å². The summed E-state index contributed by atoms with van der Waals surface area (Å²) in [6.45, 7) is 0. The number of phenols is 2. The summed E-state index contributed by atoms with van der Waals surface area (Å²) in [4.78, 5) is 15.2. The summed E-state index contributed by atoms with van der Waals surface area (Å²) in [6, 6.07) is 9.62. The van der Waals surface area contributed by atoms with Gasteiger partial charge < -0.3 is 15.2 Å². The molecule has 0 spiro atoms. The zero-order valence-electron chi connectivity index (χ0n) is 8.77. The molecule has 0 saturated carbocycles. The molecule has 17 heavy (non-hydrogen) atoms. The first-order valence-corrected chi connectivity index (χ1v) is 5.14. The first kappa shape index (κ1) is 9.72. The third-order valence-electron chi connectivity index (χ3n) is 2.81. The standard InChI is InChI=1S/C13H9NO3/c15-9-5-1-3-7-11(9)13(17)12-8(14-7)4-2-6-10(12)16/h1-6,15-16H,(H,14,17). The number of pyridine rings is 1. The van der Waals surface area contributed by atoms with Crippen LogP contribution >= 0.6 is 0 Å². The summed E-state index contributed by atoms with van der Waals surface area (Å²) in [5.74, 6) is -0.178. The number of benzene rings is 2. The third kappa shape index (κ3) is 1.27. The molecule has 0 saturated heterocycles. The van der Waals surface area contributed by atoms with E-state index in [0.717, 1.165) is 0 Å². The van der Waals surface area contributed by atoms with Crippen molar-refractivity contribution in [2.75, 3.05) is 0 Å². The first-order chi connectivity index (χ1) is 8.18. The molecule has 2 aromatic carbocycles. The second kappa shape index (κ2) is 3.25. The van der Waals surface area contributed by atoms with E-state index < -0.39 is 0 Å². The van der Waals surface area contributed by atoms with Crippen LogP contribution in [0.4, 0.5) is 0 Å². The van der Waals surface area contributed by atoms with Crippen molar-refractivity contribution in [3.63, 3.8) is 0 Å². The number of phenolic OH excluding ortho intramolecular Hbond substituents is 2. The van der Waals surface area contributed by atoms with Crippen LogP contribution in [0, 0.1) is 0 Å². The predicted octanol–water partition coefficient (Wildman–Crippen LogP) is 2.09. The molecule has 0 aliphatic carbocycles. The minimum atomic E-state index is -0.370. The second-order valence-electron chi connectivity index (χ2n) is 3.85. The Kier molecular flexibility index (Phi) is 1.86. The smallest absolute Gasteiger partial charge is 0.204 e. The molecule has 3 N–H and O–H groups in total. The lowest BCUT2D eigenvalue weighted by molar-refractivity contribution is 0.480. The third-order valence-corrected chi connectivity index (χ3v) is 2.81. The highest BCUT2D eigenvalue weighted by molar-refractivity contribution is 5.97. The van der Waals surface area contributed by atoms with Crippen molar-refractivity contribution >= 4 is 21.8 Å². The van der Waals surface area contributed by atoms with Gasteiger partial charge in [0.2, 0.25) is 5.43 Å². The van der Waals surface area contributed by atoms with Crippen molar-refractivity contribution in [1.29, 1.82) is 0 Å².